The summed E-state index contributed by atoms with van der Waals surface area (Å²) < 4.78 is 0. The van der Waals surface area contributed by atoms with Crippen molar-refractivity contribution in [2.45, 2.75) is 20.3 Å². The van der Waals surface area contributed by atoms with E-state index in [2.05, 4.69) is 23.3 Å². The van der Waals surface area contributed by atoms with Gasteiger partial charge in [0, 0.05) is 17.4 Å². The molecule has 0 saturated carbocycles. The molecule has 1 heterocycles. The van der Waals surface area contributed by atoms with Gasteiger partial charge in [0.05, 0.1) is 5.69 Å². The zero-order valence-corrected chi connectivity index (χ0v) is 11.1. The number of urea groups is 1. The fourth-order valence-electron chi connectivity index (χ4n) is 1.91. The summed E-state index contributed by atoms with van der Waals surface area (Å²) in [7, 11) is 0. The molecule has 3 N–H and O–H groups in total. The average Bonchev–Trinajstić information content (AvgIpc) is 2.40. The number of benzene rings is 1. The molecule has 1 aromatic heterocycles. The van der Waals surface area contributed by atoms with Gasteiger partial charge in [0.15, 0.2) is 0 Å². The van der Waals surface area contributed by atoms with Gasteiger partial charge in [-0.1, -0.05) is 19.1 Å². The summed E-state index contributed by atoms with van der Waals surface area (Å²) in [6, 6.07) is 9.14. The van der Waals surface area contributed by atoms with Crippen LogP contribution in [0.1, 0.15) is 18.1 Å². The van der Waals surface area contributed by atoms with E-state index in [9.17, 15) is 4.79 Å². The summed E-state index contributed by atoms with van der Waals surface area (Å²) in [5.41, 5.74) is 9.99. The number of nitrogens with two attached hydrogens (primary N) is 1. The highest BCUT2D eigenvalue weighted by atomic mass is 16.2. The molecule has 0 bridgehead atoms. The minimum Gasteiger partial charge on any atom is -0.351 e. The first kappa shape index (κ1) is 13.1. The SMILES string of the molecule is CCc1ccc(-c2cc(NC(N)=O)ccc2C)nc1. The molecule has 0 fully saturated rings. The number of nitrogens with one attached hydrogen (secondary N) is 1. The molecule has 0 aliphatic carbocycles. The van der Waals surface area contributed by atoms with Crippen LogP contribution < -0.4 is 11.1 Å². The second-order valence-electron chi connectivity index (χ2n) is 4.42. The van der Waals surface area contributed by atoms with E-state index < -0.39 is 6.03 Å². The Kier molecular flexibility index (Phi) is 3.80. The standard InChI is InChI=1S/C15H17N3O/c1-3-11-5-7-14(17-9-11)13-8-12(18-15(16)19)6-4-10(13)2/h4-9H,3H2,1-2H3,(H3,16,18,19). The van der Waals surface area contributed by atoms with Crippen LogP contribution in [-0.2, 0) is 6.42 Å². The molecule has 0 atom stereocenters. The summed E-state index contributed by atoms with van der Waals surface area (Å²) in [6.45, 7) is 4.11. The first-order valence-electron chi connectivity index (χ1n) is 6.22. The van der Waals surface area contributed by atoms with Gasteiger partial charge in [-0.3, -0.25) is 4.98 Å². The summed E-state index contributed by atoms with van der Waals surface area (Å²) in [6.07, 6.45) is 2.85. The van der Waals surface area contributed by atoms with Crippen LogP contribution in [0.25, 0.3) is 11.3 Å². The van der Waals surface area contributed by atoms with E-state index in [1.807, 2.05) is 37.4 Å². The molecule has 0 aliphatic heterocycles. The van der Waals surface area contributed by atoms with E-state index in [4.69, 9.17) is 5.73 Å². The topological polar surface area (TPSA) is 68.0 Å². The molecular weight excluding hydrogens is 238 g/mol. The minimum absolute atomic E-state index is 0.566. The van der Waals surface area contributed by atoms with Crippen molar-refractivity contribution in [3.8, 4) is 11.3 Å². The molecule has 4 heteroatoms. The number of hydrogen-bond acceptors (Lipinski definition) is 2. The Labute approximate surface area is 112 Å². The highest BCUT2D eigenvalue weighted by Crippen LogP contribution is 2.25. The van der Waals surface area contributed by atoms with Crippen molar-refractivity contribution in [1.82, 2.24) is 4.98 Å². The summed E-state index contributed by atoms with van der Waals surface area (Å²) in [5, 5.41) is 2.58. The smallest absolute Gasteiger partial charge is 0.316 e. The Morgan fingerprint density at radius 3 is 2.68 bits per heavy atom. The maximum absolute atomic E-state index is 10.9. The van der Waals surface area contributed by atoms with Gasteiger partial charge in [-0.25, -0.2) is 4.79 Å². The molecule has 2 aromatic rings. The van der Waals surface area contributed by atoms with Crippen molar-refractivity contribution < 1.29 is 4.79 Å². The lowest BCUT2D eigenvalue weighted by Crippen LogP contribution is -2.19. The van der Waals surface area contributed by atoms with Crippen molar-refractivity contribution >= 4 is 11.7 Å². The quantitative estimate of drug-likeness (QED) is 0.884. The summed E-state index contributed by atoms with van der Waals surface area (Å²) in [5.74, 6) is 0. The van der Waals surface area contributed by atoms with Crippen LogP contribution >= 0.6 is 0 Å². The second kappa shape index (κ2) is 5.52. The fraction of sp³-hybridized carbons (Fsp3) is 0.200. The Morgan fingerprint density at radius 2 is 2.11 bits per heavy atom. The van der Waals surface area contributed by atoms with Crippen LogP contribution in [0.2, 0.25) is 0 Å². The molecule has 19 heavy (non-hydrogen) atoms. The van der Waals surface area contributed by atoms with Crippen molar-refractivity contribution in [2.24, 2.45) is 5.73 Å². The zero-order chi connectivity index (χ0) is 13.8. The Hall–Kier alpha value is -2.36. The number of amides is 2. The van der Waals surface area contributed by atoms with Crippen LogP contribution in [0.3, 0.4) is 0 Å². The minimum atomic E-state index is -0.566. The van der Waals surface area contributed by atoms with Crippen molar-refractivity contribution in [1.29, 1.82) is 0 Å². The van der Waals surface area contributed by atoms with Crippen LogP contribution in [0.4, 0.5) is 10.5 Å². The summed E-state index contributed by atoms with van der Waals surface area (Å²) in [4.78, 5) is 15.3. The fourth-order valence-corrected chi connectivity index (χ4v) is 1.91. The van der Waals surface area contributed by atoms with Crippen molar-refractivity contribution in [3.05, 3.63) is 47.7 Å². The summed E-state index contributed by atoms with van der Waals surface area (Å²) >= 11 is 0. The van der Waals surface area contributed by atoms with E-state index in [1.54, 1.807) is 0 Å². The Bertz CT molecular complexity index is 591. The number of anilines is 1. The number of aromatic nitrogens is 1. The third kappa shape index (κ3) is 3.10. The van der Waals surface area contributed by atoms with E-state index in [1.165, 1.54) is 5.56 Å². The van der Waals surface area contributed by atoms with Gasteiger partial charge in [-0.15, -0.1) is 0 Å². The largest absolute Gasteiger partial charge is 0.351 e. The van der Waals surface area contributed by atoms with E-state index >= 15 is 0 Å². The van der Waals surface area contributed by atoms with Crippen LogP contribution in [0.5, 0.6) is 0 Å². The van der Waals surface area contributed by atoms with Gasteiger partial charge < -0.3 is 11.1 Å². The average molecular weight is 255 g/mol. The molecule has 0 unspecified atom stereocenters. The van der Waals surface area contributed by atoms with Crippen LogP contribution in [-0.4, -0.2) is 11.0 Å². The zero-order valence-electron chi connectivity index (χ0n) is 11.1. The number of nitrogens with zero attached hydrogens (tertiary/aromatic N) is 1. The predicted molar refractivity (Wildman–Crippen MR) is 77.0 cm³/mol. The maximum Gasteiger partial charge on any atom is 0.316 e. The van der Waals surface area contributed by atoms with Gasteiger partial charge in [0.2, 0.25) is 0 Å². The number of pyridine rings is 1. The van der Waals surface area contributed by atoms with Gasteiger partial charge in [-0.05, 0) is 42.7 Å². The number of carbonyl (C=O) groups is 1. The first-order chi connectivity index (χ1) is 9.10. The predicted octanol–water partition coefficient (Wildman–Crippen LogP) is 3.11. The normalized spacial score (nSPS) is 10.2. The lowest BCUT2D eigenvalue weighted by atomic mass is 10.0. The number of carbonyl (C=O) groups excluding carboxylic acids is 1. The van der Waals surface area contributed by atoms with Crippen LogP contribution in [0, 0.1) is 6.92 Å². The Morgan fingerprint density at radius 1 is 1.32 bits per heavy atom. The number of hydrogen-bond donors (Lipinski definition) is 2. The molecule has 0 aliphatic rings. The van der Waals surface area contributed by atoms with E-state index in [-0.39, 0.29) is 0 Å². The first-order valence-corrected chi connectivity index (χ1v) is 6.22. The molecule has 0 spiro atoms. The lowest BCUT2D eigenvalue weighted by molar-refractivity contribution is 0.259. The van der Waals surface area contributed by atoms with Crippen molar-refractivity contribution in [3.63, 3.8) is 0 Å². The highest BCUT2D eigenvalue weighted by Gasteiger charge is 2.06. The molecule has 0 saturated heterocycles. The van der Waals surface area contributed by atoms with E-state index in [0.717, 1.165) is 23.2 Å². The number of rotatable bonds is 3. The molecular formula is C15H17N3O. The molecule has 98 valence electrons. The van der Waals surface area contributed by atoms with E-state index in [0.29, 0.717) is 5.69 Å². The number of primary amides is 1. The van der Waals surface area contributed by atoms with Gasteiger partial charge >= 0.3 is 6.03 Å². The third-order valence-electron chi connectivity index (χ3n) is 3.01. The highest BCUT2D eigenvalue weighted by molar-refractivity contribution is 5.88. The Balaban J connectivity index is 2.39. The van der Waals surface area contributed by atoms with Gasteiger partial charge in [0.25, 0.3) is 0 Å². The monoisotopic (exact) mass is 255 g/mol. The molecule has 2 amide bonds. The molecule has 2 rings (SSSR count). The number of aryl methyl sites for hydroxylation is 2. The van der Waals surface area contributed by atoms with Gasteiger partial charge in [0.1, 0.15) is 0 Å². The molecule has 0 radical (unpaired) electrons. The lowest BCUT2D eigenvalue weighted by Gasteiger charge is -2.09. The van der Waals surface area contributed by atoms with Crippen molar-refractivity contribution in [2.75, 3.05) is 5.32 Å². The third-order valence-corrected chi connectivity index (χ3v) is 3.01. The molecule has 1 aromatic carbocycles. The second-order valence-corrected chi connectivity index (χ2v) is 4.42. The molecule has 4 nitrogen and oxygen atoms in total. The van der Waals surface area contributed by atoms with Gasteiger partial charge in [-0.2, -0.15) is 0 Å². The maximum atomic E-state index is 10.9. The van der Waals surface area contributed by atoms with Crippen LogP contribution in [0.15, 0.2) is 36.5 Å².